The Bertz CT molecular complexity index is 1320. The summed E-state index contributed by atoms with van der Waals surface area (Å²) in [6.45, 7) is 11.9. The maximum Gasteiger partial charge on any atom is 0.226 e. The Morgan fingerprint density at radius 2 is 1.27 bits per heavy atom. The van der Waals surface area contributed by atoms with Crippen molar-refractivity contribution in [2.24, 2.45) is 11.8 Å². The summed E-state index contributed by atoms with van der Waals surface area (Å²) in [6, 6.07) is 24.2. The first-order valence-electron chi connectivity index (χ1n) is 16.6. The minimum Gasteiger partial charge on any atom is -0.343 e. The highest BCUT2D eigenvalue weighted by Gasteiger charge is 2.26. The SMILES string of the molecule is CCC(=O)N(CC1CCCN(C(C)=O)C1)c1ccccc1.CCC(=O)N(CC1CCCN(Cc2cccs2)C1)c1ccccc1. The van der Waals surface area contributed by atoms with Crippen molar-refractivity contribution in [3.05, 3.63) is 83.1 Å². The number of nitrogens with zero attached hydrogens (tertiary/aromatic N) is 4. The van der Waals surface area contributed by atoms with Gasteiger partial charge in [-0.25, -0.2) is 0 Å². The van der Waals surface area contributed by atoms with Crippen molar-refractivity contribution in [3.63, 3.8) is 0 Å². The molecule has 2 aromatic carbocycles. The van der Waals surface area contributed by atoms with Gasteiger partial charge in [-0.15, -0.1) is 11.3 Å². The first-order valence-corrected chi connectivity index (χ1v) is 17.5. The number of carbonyl (C=O) groups excluding carboxylic acids is 3. The maximum atomic E-state index is 12.4. The smallest absolute Gasteiger partial charge is 0.226 e. The molecule has 2 atom stereocenters. The molecule has 3 aromatic rings. The fourth-order valence-corrected chi connectivity index (χ4v) is 7.13. The monoisotopic (exact) mass is 630 g/mol. The molecular weight excluding hydrogens is 580 g/mol. The average Bonchev–Trinajstić information content (AvgIpc) is 3.60. The lowest BCUT2D eigenvalue weighted by atomic mass is 9.97. The summed E-state index contributed by atoms with van der Waals surface area (Å²) < 4.78 is 0. The van der Waals surface area contributed by atoms with Crippen molar-refractivity contribution in [1.82, 2.24) is 9.80 Å². The number of hydrogen-bond donors (Lipinski definition) is 0. The highest BCUT2D eigenvalue weighted by Crippen LogP contribution is 2.25. The van der Waals surface area contributed by atoms with E-state index >= 15 is 0 Å². The third-order valence-corrected chi connectivity index (χ3v) is 9.61. The number of para-hydroxylation sites is 2. The van der Waals surface area contributed by atoms with Crippen molar-refractivity contribution >= 4 is 40.4 Å². The van der Waals surface area contributed by atoms with Gasteiger partial charge in [-0.2, -0.15) is 0 Å². The standard InChI is InChI=1S/C20H26N2OS.C17H24N2O2/c1-2-20(23)22(18-9-4-3-5-10-18)15-17-8-6-12-21(14-17)16-19-11-7-13-24-19;1-3-17(21)19(16-9-5-4-6-10-16)13-15-8-7-11-18(12-15)14(2)20/h3-5,7,9-11,13,17H,2,6,8,12,14-16H2,1H3;4-6,9-10,15H,3,7-8,11-13H2,1-2H3. The van der Waals surface area contributed by atoms with Crippen LogP contribution in [0.2, 0.25) is 0 Å². The van der Waals surface area contributed by atoms with Crippen LogP contribution in [0.25, 0.3) is 0 Å². The molecule has 0 saturated carbocycles. The molecule has 0 bridgehead atoms. The van der Waals surface area contributed by atoms with Gasteiger partial charge in [-0.05, 0) is 79.8 Å². The van der Waals surface area contributed by atoms with Crippen LogP contribution < -0.4 is 9.80 Å². The Kier molecular flexibility index (Phi) is 13.6. The fraction of sp³-hybridized carbons (Fsp3) is 0.486. The van der Waals surface area contributed by atoms with Gasteiger partial charge in [0.2, 0.25) is 17.7 Å². The van der Waals surface area contributed by atoms with Crippen molar-refractivity contribution < 1.29 is 14.4 Å². The summed E-state index contributed by atoms with van der Waals surface area (Å²) in [6.07, 6.45) is 5.58. The molecule has 2 saturated heterocycles. The summed E-state index contributed by atoms with van der Waals surface area (Å²) in [5.74, 6) is 1.40. The van der Waals surface area contributed by atoms with Crippen LogP contribution in [0.5, 0.6) is 0 Å². The third kappa shape index (κ3) is 10.5. The number of likely N-dealkylation sites (tertiary alicyclic amines) is 2. The lowest BCUT2D eigenvalue weighted by Gasteiger charge is -2.35. The van der Waals surface area contributed by atoms with Crippen LogP contribution in [0.4, 0.5) is 11.4 Å². The van der Waals surface area contributed by atoms with Gasteiger partial charge in [0.05, 0.1) is 0 Å². The number of rotatable bonds is 10. The summed E-state index contributed by atoms with van der Waals surface area (Å²) in [5.41, 5.74) is 1.98. The van der Waals surface area contributed by atoms with Gasteiger partial charge in [0.1, 0.15) is 0 Å². The highest BCUT2D eigenvalue weighted by molar-refractivity contribution is 7.09. The first kappa shape index (κ1) is 34.4. The molecular formula is C37H50N4O3S. The molecule has 8 heteroatoms. The van der Waals surface area contributed by atoms with E-state index in [1.54, 1.807) is 6.92 Å². The fourth-order valence-electron chi connectivity index (χ4n) is 6.38. The van der Waals surface area contributed by atoms with E-state index in [0.29, 0.717) is 31.2 Å². The summed E-state index contributed by atoms with van der Waals surface area (Å²) in [7, 11) is 0. The molecule has 0 aliphatic carbocycles. The number of benzene rings is 2. The van der Waals surface area contributed by atoms with Crippen LogP contribution in [0.3, 0.4) is 0 Å². The van der Waals surface area contributed by atoms with E-state index in [1.165, 1.54) is 24.3 Å². The summed E-state index contributed by atoms with van der Waals surface area (Å²) in [5, 5.41) is 2.15. The molecule has 45 heavy (non-hydrogen) atoms. The molecule has 5 rings (SSSR count). The normalized spacial score (nSPS) is 18.4. The number of carbonyl (C=O) groups is 3. The summed E-state index contributed by atoms with van der Waals surface area (Å²) in [4.78, 5) is 45.9. The van der Waals surface area contributed by atoms with Crippen LogP contribution in [-0.4, -0.2) is 66.8 Å². The van der Waals surface area contributed by atoms with Gasteiger partial charge < -0.3 is 14.7 Å². The number of hydrogen-bond acceptors (Lipinski definition) is 5. The molecule has 0 N–H and O–H groups in total. The van der Waals surface area contributed by atoms with E-state index in [9.17, 15) is 14.4 Å². The second-order valence-electron chi connectivity index (χ2n) is 12.2. The zero-order chi connectivity index (χ0) is 32.0. The second-order valence-corrected chi connectivity index (χ2v) is 13.2. The zero-order valence-electron chi connectivity index (χ0n) is 27.3. The largest absolute Gasteiger partial charge is 0.343 e. The Morgan fingerprint density at radius 1 is 0.733 bits per heavy atom. The molecule has 0 spiro atoms. The van der Waals surface area contributed by atoms with Crippen LogP contribution in [0.15, 0.2) is 78.2 Å². The Hall–Kier alpha value is -3.49. The number of amides is 3. The lowest BCUT2D eigenvalue weighted by Crippen LogP contribution is -2.44. The van der Waals surface area contributed by atoms with Crippen LogP contribution in [0, 0.1) is 11.8 Å². The first-order chi connectivity index (χ1) is 21.9. The predicted octanol–water partition coefficient (Wildman–Crippen LogP) is 7.09. The second kappa shape index (κ2) is 17.9. The van der Waals surface area contributed by atoms with E-state index in [-0.39, 0.29) is 17.7 Å². The van der Waals surface area contributed by atoms with Gasteiger partial charge >= 0.3 is 0 Å². The number of thiophene rings is 1. The molecule has 0 radical (unpaired) electrons. The minimum atomic E-state index is 0.132. The van der Waals surface area contributed by atoms with Crippen molar-refractivity contribution in [2.75, 3.05) is 49.1 Å². The van der Waals surface area contributed by atoms with Crippen molar-refractivity contribution in [3.8, 4) is 0 Å². The van der Waals surface area contributed by atoms with Crippen LogP contribution in [-0.2, 0) is 20.9 Å². The summed E-state index contributed by atoms with van der Waals surface area (Å²) >= 11 is 1.83. The molecule has 3 amide bonds. The Labute approximate surface area is 273 Å². The number of piperidine rings is 2. The van der Waals surface area contributed by atoms with E-state index in [1.807, 2.05) is 101 Å². The van der Waals surface area contributed by atoms with Crippen LogP contribution in [0.1, 0.15) is 64.2 Å². The van der Waals surface area contributed by atoms with E-state index in [2.05, 4.69) is 22.4 Å². The van der Waals surface area contributed by atoms with Gasteiger partial charge in [-0.3, -0.25) is 19.3 Å². The molecule has 7 nitrogen and oxygen atoms in total. The highest BCUT2D eigenvalue weighted by atomic mass is 32.1. The van der Waals surface area contributed by atoms with Crippen LogP contribution >= 0.6 is 11.3 Å². The Balaban J connectivity index is 0.000000207. The van der Waals surface area contributed by atoms with E-state index < -0.39 is 0 Å². The van der Waals surface area contributed by atoms with Gasteiger partial charge in [0.15, 0.2) is 0 Å². The average molecular weight is 631 g/mol. The van der Waals surface area contributed by atoms with Gasteiger partial charge in [-0.1, -0.05) is 56.3 Å². The minimum absolute atomic E-state index is 0.132. The van der Waals surface area contributed by atoms with Gasteiger partial charge in [0, 0.05) is 75.3 Å². The lowest BCUT2D eigenvalue weighted by molar-refractivity contribution is -0.130. The molecule has 3 heterocycles. The molecule has 1 aromatic heterocycles. The van der Waals surface area contributed by atoms with Crippen molar-refractivity contribution in [2.45, 2.75) is 65.8 Å². The maximum absolute atomic E-state index is 12.4. The molecule has 2 aliphatic heterocycles. The molecule has 2 fully saturated rings. The van der Waals surface area contributed by atoms with E-state index in [0.717, 1.165) is 56.9 Å². The molecule has 2 aliphatic rings. The topological polar surface area (TPSA) is 64.2 Å². The quantitative estimate of drug-likeness (QED) is 0.240. The number of anilines is 2. The van der Waals surface area contributed by atoms with Gasteiger partial charge in [0.25, 0.3) is 0 Å². The Morgan fingerprint density at radius 3 is 1.76 bits per heavy atom. The van der Waals surface area contributed by atoms with Crippen molar-refractivity contribution in [1.29, 1.82) is 0 Å². The molecule has 2 unspecified atom stereocenters. The predicted molar refractivity (Wildman–Crippen MR) is 185 cm³/mol. The molecule has 242 valence electrons. The van der Waals surface area contributed by atoms with E-state index in [4.69, 9.17) is 0 Å². The third-order valence-electron chi connectivity index (χ3n) is 8.75. The zero-order valence-corrected chi connectivity index (χ0v) is 28.1.